The molecule has 0 bridgehead atoms. The molecule has 0 aromatic heterocycles. The van der Waals surface area contributed by atoms with Gasteiger partial charge in [-0.15, -0.1) is 0 Å². The van der Waals surface area contributed by atoms with E-state index in [0.29, 0.717) is 12.6 Å². The predicted molar refractivity (Wildman–Crippen MR) is 70.7 cm³/mol. The van der Waals surface area contributed by atoms with E-state index in [1.54, 1.807) is 12.2 Å². The molecule has 0 aromatic carbocycles. The van der Waals surface area contributed by atoms with Gasteiger partial charge in [-0.05, 0) is 26.9 Å². The highest BCUT2D eigenvalue weighted by Gasteiger charge is 2.24. The quantitative estimate of drug-likeness (QED) is 0.699. The zero-order valence-electron chi connectivity index (χ0n) is 11.1. The van der Waals surface area contributed by atoms with Gasteiger partial charge in [0.15, 0.2) is 0 Å². The number of carbonyl (C=O) groups excluding carboxylic acids is 1. The molecule has 1 amide bonds. The second kappa shape index (κ2) is 7.45. The van der Waals surface area contributed by atoms with Crippen molar-refractivity contribution in [2.75, 3.05) is 33.7 Å². The maximum absolute atomic E-state index is 12.1. The summed E-state index contributed by atoms with van der Waals surface area (Å²) in [6, 6.07) is 0.435. The number of nitrogens with zero attached hydrogens (tertiary/aromatic N) is 2. The van der Waals surface area contributed by atoms with Crippen LogP contribution in [0.2, 0.25) is 0 Å². The molecule has 17 heavy (non-hydrogen) atoms. The van der Waals surface area contributed by atoms with E-state index < -0.39 is 0 Å². The van der Waals surface area contributed by atoms with Gasteiger partial charge in [-0.1, -0.05) is 18.9 Å². The number of likely N-dealkylation sites (N-methyl/N-ethyl adjacent to an activating group) is 1. The molecular formula is C13H25N3O. The zero-order valence-corrected chi connectivity index (χ0v) is 11.1. The van der Waals surface area contributed by atoms with E-state index in [1.165, 1.54) is 12.8 Å². The average Bonchev–Trinajstić information content (AvgIpc) is 2.79. The van der Waals surface area contributed by atoms with Crippen molar-refractivity contribution in [3.05, 3.63) is 12.2 Å². The molecule has 1 saturated carbocycles. The Bertz CT molecular complexity index is 257. The Labute approximate surface area is 104 Å². The van der Waals surface area contributed by atoms with Gasteiger partial charge in [-0.2, -0.15) is 0 Å². The lowest BCUT2D eigenvalue weighted by Gasteiger charge is -2.29. The van der Waals surface area contributed by atoms with Crippen molar-refractivity contribution < 1.29 is 4.79 Å². The smallest absolute Gasteiger partial charge is 0.246 e. The molecule has 2 N–H and O–H groups in total. The van der Waals surface area contributed by atoms with Crippen LogP contribution >= 0.6 is 0 Å². The largest absolute Gasteiger partial charge is 0.335 e. The Morgan fingerprint density at radius 3 is 2.47 bits per heavy atom. The van der Waals surface area contributed by atoms with Crippen LogP contribution < -0.4 is 5.73 Å². The maximum Gasteiger partial charge on any atom is 0.246 e. The number of nitrogens with two attached hydrogens (primary N) is 1. The standard InChI is InChI=1S/C13H25N3O/c1-15(2)10-11-16(12-6-3-4-7-12)13(17)8-5-9-14/h5,8,12H,3-4,6-7,9-11,14H2,1-2H3/b8-5+. The monoisotopic (exact) mass is 239 g/mol. The van der Waals surface area contributed by atoms with E-state index in [-0.39, 0.29) is 5.91 Å². The summed E-state index contributed by atoms with van der Waals surface area (Å²) < 4.78 is 0. The summed E-state index contributed by atoms with van der Waals surface area (Å²) in [7, 11) is 4.07. The van der Waals surface area contributed by atoms with Crippen molar-refractivity contribution in [2.45, 2.75) is 31.7 Å². The predicted octanol–water partition coefficient (Wildman–Crippen LogP) is 0.834. The van der Waals surface area contributed by atoms with Gasteiger partial charge in [0.2, 0.25) is 5.91 Å². The first-order valence-electron chi connectivity index (χ1n) is 6.47. The van der Waals surface area contributed by atoms with Gasteiger partial charge in [0.1, 0.15) is 0 Å². The molecule has 0 radical (unpaired) electrons. The summed E-state index contributed by atoms with van der Waals surface area (Å²) in [5.41, 5.74) is 5.39. The fourth-order valence-electron chi connectivity index (χ4n) is 2.26. The van der Waals surface area contributed by atoms with Crippen LogP contribution in [0.4, 0.5) is 0 Å². The van der Waals surface area contributed by atoms with E-state index in [0.717, 1.165) is 25.9 Å². The fraction of sp³-hybridized carbons (Fsp3) is 0.769. The fourth-order valence-corrected chi connectivity index (χ4v) is 2.26. The lowest BCUT2D eigenvalue weighted by Crippen LogP contribution is -2.41. The van der Waals surface area contributed by atoms with Crippen molar-refractivity contribution >= 4 is 5.91 Å². The normalized spacial score (nSPS) is 17.2. The second-order valence-electron chi connectivity index (χ2n) is 4.91. The number of hydrogen-bond acceptors (Lipinski definition) is 3. The summed E-state index contributed by atoms with van der Waals surface area (Å²) in [5.74, 6) is 0.115. The van der Waals surface area contributed by atoms with E-state index in [1.807, 2.05) is 19.0 Å². The van der Waals surface area contributed by atoms with Crippen LogP contribution in [0.15, 0.2) is 12.2 Å². The van der Waals surface area contributed by atoms with Crippen molar-refractivity contribution in [3.8, 4) is 0 Å². The third-order valence-electron chi connectivity index (χ3n) is 3.23. The van der Waals surface area contributed by atoms with Crippen molar-refractivity contribution in [1.82, 2.24) is 9.80 Å². The molecule has 1 aliphatic rings. The van der Waals surface area contributed by atoms with Crippen LogP contribution in [0.3, 0.4) is 0 Å². The summed E-state index contributed by atoms with van der Waals surface area (Å²) in [6.07, 6.45) is 8.15. The molecule has 4 nitrogen and oxygen atoms in total. The molecule has 1 aliphatic carbocycles. The van der Waals surface area contributed by atoms with Crippen molar-refractivity contribution in [1.29, 1.82) is 0 Å². The van der Waals surface area contributed by atoms with Gasteiger partial charge in [-0.25, -0.2) is 0 Å². The highest BCUT2D eigenvalue weighted by Crippen LogP contribution is 2.23. The number of carbonyl (C=O) groups is 1. The van der Waals surface area contributed by atoms with Crippen molar-refractivity contribution in [3.63, 3.8) is 0 Å². The van der Waals surface area contributed by atoms with Crippen molar-refractivity contribution in [2.24, 2.45) is 5.73 Å². The van der Waals surface area contributed by atoms with E-state index in [2.05, 4.69) is 4.90 Å². The first-order valence-corrected chi connectivity index (χ1v) is 6.47. The Kier molecular flexibility index (Phi) is 6.22. The molecule has 0 aromatic rings. The van der Waals surface area contributed by atoms with E-state index in [9.17, 15) is 4.79 Å². The highest BCUT2D eigenvalue weighted by molar-refractivity contribution is 5.87. The molecule has 4 heteroatoms. The van der Waals surface area contributed by atoms with E-state index in [4.69, 9.17) is 5.73 Å². The van der Waals surface area contributed by atoms with Crippen LogP contribution in [0.5, 0.6) is 0 Å². The first-order chi connectivity index (χ1) is 8.15. The summed E-state index contributed by atoms with van der Waals surface area (Å²) in [4.78, 5) is 16.2. The SMILES string of the molecule is CN(C)CCN(C(=O)/C=C/CN)C1CCCC1. The summed E-state index contributed by atoms with van der Waals surface area (Å²) in [6.45, 7) is 2.15. The minimum Gasteiger partial charge on any atom is -0.335 e. The Morgan fingerprint density at radius 1 is 1.29 bits per heavy atom. The average molecular weight is 239 g/mol. The van der Waals surface area contributed by atoms with Gasteiger partial charge < -0.3 is 15.5 Å². The first kappa shape index (κ1) is 14.2. The number of hydrogen-bond donors (Lipinski definition) is 1. The third kappa shape index (κ3) is 4.88. The zero-order chi connectivity index (χ0) is 12.7. The van der Waals surface area contributed by atoms with Gasteiger partial charge in [0, 0.05) is 31.8 Å². The molecule has 0 unspecified atom stereocenters. The molecule has 0 spiro atoms. The van der Waals surface area contributed by atoms with Crippen LogP contribution in [0, 0.1) is 0 Å². The topological polar surface area (TPSA) is 49.6 Å². The molecule has 0 atom stereocenters. The Morgan fingerprint density at radius 2 is 1.94 bits per heavy atom. The summed E-state index contributed by atoms with van der Waals surface area (Å²) >= 11 is 0. The van der Waals surface area contributed by atoms with Gasteiger partial charge >= 0.3 is 0 Å². The van der Waals surface area contributed by atoms with Gasteiger partial charge in [-0.3, -0.25) is 4.79 Å². The molecular weight excluding hydrogens is 214 g/mol. The highest BCUT2D eigenvalue weighted by atomic mass is 16.2. The minimum absolute atomic E-state index is 0.115. The Balaban J connectivity index is 2.56. The maximum atomic E-state index is 12.1. The molecule has 0 heterocycles. The Hall–Kier alpha value is -0.870. The van der Waals surface area contributed by atoms with Crippen LogP contribution in [0.25, 0.3) is 0 Å². The molecule has 0 saturated heterocycles. The lowest BCUT2D eigenvalue weighted by molar-refractivity contribution is -0.128. The van der Waals surface area contributed by atoms with E-state index >= 15 is 0 Å². The lowest BCUT2D eigenvalue weighted by atomic mass is 10.2. The van der Waals surface area contributed by atoms with Crippen LogP contribution in [-0.2, 0) is 4.79 Å². The van der Waals surface area contributed by atoms with Gasteiger partial charge in [0.25, 0.3) is 0 Å². The molecule has 98 valence electrons. The number of amides is 1. The molecule has 1 rings (SSSR count). The second-order valence-corrected chi connectivity index (χ2v) is 4.91. The molecule has 1 fully saturated rings. The van der Waals surface area contributed by atoms with Crippen LogP contribution in [-0.4, -0.2) is 55.5 Å². The van der Waals surface area contributed by atoms with Gasteiger partial charge in [0.05, 0.1) is 0 Å². The summed E-state index contributed by atoms with van der Waals surface area (Å²) in [5, 5.41) is 0. The molecule has 0 aliphatic heterocycles. The van der Waals surface area contributed by atoms with Crippen LogP contribution in [0.1, 0.15) is 25.7 Å². The minimum atomic E-state index is 0.115. The number of rotatable bonds is 6. The third-order valence-corrected chi connectivity index (χ3v) is 3.23.